The highest BCUT2D eigenvalue weighted by Gasteiger charge is 2.28. The summed E-state index contributed by atoms with van der Waals surface area (Å²) in [6, 6.07) is 15.4. The summed E-state index contributed by atoms with van der Waals surface area (Å²) < 4.78 is 0. The molecule has 2 atom stereocenters. The summed E-state index contributed by atoms with van der Waals surface area (Å²) in [5.74, 6) is 0.683. The smallest absolute Gasteiger partial charge is 0.0573 e. The average molecular weight is 266 g/mol. The second kappa shape index (κ2) is 6.19. The second-order valence-corrected chi connectivity index (χ2v) is 5.60. The molecule has 0 saturated carbocycles. The van der Waals surface area contributed by atoms with E-state index in [-0.39, 0.29) is 0 Å². The minimum Gasteiger partial charge on any atom is -0.309 e. The van der Waals surface area contributed by atoms with Crippen molar-refractivity contribution in [3.8, 4) is 0 Å². The van der Waals surface area contributed by atoms with Crippen molar-refractivity contribution in [2.45, 2.75) is 38.1 Å². The van der Waals surface area contributed by atoms with Gasteiger partial charge in [0.1, 0.15) is 0 Å². The van der Waals surface area contributed by atoms with Crippen LogP contribution in [0.4, 0.5) is 0 Å². The van der Waals surface area contributed by atoms with Gasteiger partial charge in [0.25, 0.3) is 0 Å². The van der Waals surface area contributed by atoms with E-state index >= 15 is 0 Å². The molecule has 3 rings (SSSR count). The van der Waals surface area contributed by atoms with Crippen molar-refractivity contribution in [1.29, 1.82) is 0 Å². The maximum absolute atomic E-state index is 4.54. The van der Waals surface area contributed by atoms with Crippen LogP contribution in [0.3, 0.4) is 0 Å². The Labute approximate surface area is 121 Å². The minimum atomic E-state index is 0.370. The van der Waals surface area contributed by atoms with E-state index in [0.29, 0.717) is 12.0 Å². The van der Waals surface area contributed by atoms with E-state index in [2.05, 4.69) is 53.6 Å². The van der Waals surface area contributed by atoms with Crippen LogP contribution in [0.2, 0.25) is 0 Å². The number of hydrogen-bond acceptors (Lipinski definition) is 2. The highest BCUT2D eigenvalue weighted by molar-refractivity contribution is 5.40. The largest absolute Gasteiger partial charge is 0.309 e. The molecular formula is C18H22N2. The molecule has 1 aliphatic carbocycles. The van der Waals surface area contributed by atoms with Gasteiger partial charge in [-0.25, -0.2) is 0 Å². The second-order valence-electron chi connectivity index (χ2n) is 5.60. The Morgan fingerprint density at radius 3 is 2.80 bits per heavy atom. The molecule has 0 radical (unpaired) electrons. The molecule has 1 heterocycles. The molecule has 0 spiro atoms. The fourth-order valence-electron chi connectivity index (χ4n) is 3.07. The molecule has 2 aromatic rings. The van der Waals surface area contributed by atoms with E-state index in [1.807, 2.05) is 12.3 Å². The van der Waals surface area contributed by atoms with Gasteiger partial charge in [-0.05, 0) is 55.0 Å². The van der Waals surface area contributed by atoms with Crippen molar-refractivity contribution >= 4 is 0 Å². The SMILES string of the molecule is CCCNC(CC1Cc2ccccc21)c1ccccn1. The number of fused-ring (bicyclic) bond motifs is 1. The topological polar surface area (TPSA) is 24.9 Å². The third kappa shape index (κ3) is 2.75. The van der Waals surface area contributed by atoms with Gasteiger partial charge < -0.3 is 5.32 Å². The number of pyridine rings is 1. The molecule has 0 bridgehead atoms. The molecule has 1 N–H and O–H groups in total. The molecular weight excluding hydrogens is 244 g/mol. The number of benzene rings is 1. The molecule has 0 fully saturated rings. The van der Waals surface area contributed by atoms with Gasteiger partial charge in [-0.15, -0.1) is 0 Å². The first-order valence-electron chi connectivity index (χ1n) is 7.60. The number of aromatic nitrogens is 1. The standard InChI is InChI=1S/C18H22N2/c1-2-10-19-18(17-9-5-6-11-20-17)13-15-12-14-7-3-4-8-16(14)15/h3-9,11,15,18-19H,2,10,12-13H2,1H3. The van der Waals surface area contributed by atoms with Crippen molar-refractivity contribution in [2.24, 2.45) is 0 Å². The van der Waals surface area contributed by atoms with Crippen LogP contribution in [-0.4, -0.2) is 11.5 Å². The number of rotatable bonds is 6. The van der Waals surface area contributed by atoms with Crippen molar-refractivity contribution in [1.82, 2.24) is 10.3 Å². The molecule has 1 aliphatic rings. The number of nitrogens with zero attached hydrogens (tertiary/aromatic N) is 1. The highest BCUT2D eigenvalue weighted by atomic mass is 14.9. The Morgan fingerprint density at radius 1 is 1.20 bits per heavy atom. The highest BCUT2D eigenvalue weighted by Crippen LogP contribution is 2.40. The third-order valence-electron chi connectivity index (χ3n) is 4.17. The average Bonchev–Trinajstić information content (AvgIpc) is 2.49. The van der Waals surface area contributed by atoms with E-state index in [1.165, 1.54) is 23.2 Å². The minimum absolute atomic E-state index is 0.370. The third-order valence-corrected chi connectivity index (χ3v) is 4.17. The van der Waals surface area contributed by atoms with Gasteiger partial charge in [0.05, 0.1) is 11.7 Å². The van der Waals surface area contributed by atoms with Crippen LogP contribution in [0, 0.1) is 0 Å². The first-order chi connectivity index (χ1) is 9.88. The Bertz CT molecular complexity index is 550. The summed E-state index contributed by atoms with van der Waals surface area (Å²) in [5.41, 5.74) is 4.23. The molecule has 0 saturated heterocycles. The predicted molar refractivity (Wildman–Crippen MR) is 82.8 cm³/mol. The molecule has 0 amide bonds. The predicted octanol–water partition coefficient (Wildman–Crippen LogP) is 3.85. The van der Waals surface area contributed by atoms with Crippen molar-refractivity contribution < 1.29 is 0 Å². The number of hydrogen-bond donors (Lipinski definition) is 1. The lowest BCUT2D eigenvalue weighted by Crippen LogP contribution is -2.28. The summed E-state index contributed by atoms with van der Waals surface area (Å²) in [4.78, 5) is 4.54. The van der Waals surface area contributed by atoms with Gasteiger partial charge in [0.2, 0.25) is 0 Å². The summed E-state index contributed by atoms with van der Waals surface area (Å²) in [6.07, 6.45) is 5.41. The van der Waals surface area contributed by atoms with Gasteiger partial charge in [-0.2, -0.15) is 0 Å². The fraction of sp³-hybridized carbons (Fsp3) is 0.389. The van der Waals surface area contributed by atoms with Crippen LogP contribution in [0.5, 0.6) is 0 Å². The maximum Gasteiger partial charge on any atom is 0.0573 e. The first kappa shape index (κ1) is 13.3. The normalized spacial score (nSPS) is 18.1. The molecule has 0 aliphatic heterocycles. The zero-order valence-corrected chi connectivity index (χ0v) is 12.0. The molecule has 104 valence electrons. The number of nitrogens with one attached hydrogen (secondary N) is 1. The van der Waals surface area contributed by atoms with Crippen LogP contribution < -0.4 is 5.32 Å². The van der Waals surface area contributed by atoms with Crippen LogP contribution in [0.15, 0.2) is 48.7 Å². The van der Waals surface area contributed by atoms with Crippen LogP contribution >= 0.6 is 0 Å². The maximum atomic E-state index is 4.54. The van der Waals surface area contributed by atoms with Crippen LogP contribution in [-0.2, 0) is 6.42 Å². The lowest BCUT2D eigenvalue weighted by molar-refractivity contribution is 0.421. The van der Waals surface area contributed by atoms with Gasteiger partial charge >= 0.3 is 0 Å². The molecule has 2 heteroatoms. The molecule has 20 heavy (non-hydrogen) atoms. The quantitative estimate of drug-likeness (QED) is 0.859. The first-order valence-corrected chi connectivity index (χ1v) is 7.60. The van der Waals surface area contributed by atoms with E-state index in [0.717, 1.165) is 19.4 Å². The van der Waals surface area contributed by atoms with E-state index in [4.69, 9.17) is 0 Å². The summed E-state index contributed by atoms with van der Waals surface area (Å²) >= 11 is 0. The lowest BCUT2D eigenvalue weighted by atomic mass is 9.74. The fourth-order valence-corrected chi connectivity index (χ4v) is 3.07. The van der Waals surface area contributed by atoms with E-state index in [9.17, 15) is 0 Å². The zero-order chi connectivity index (χ0) is 13.8. The van der Waals surface area contributed by atoms with Crippen LogP contribution in [0.1, 0.15) is 48.5 Å². The summed E-state index contributed by atoms with van der Waals surface area (Å²) in [7, 11) is 0. The Kier molecular flexibility index (Phi) is 4.12. The van der Waals surface area contributed by atoms with E-state index in [1.54, 1.807) is 0 Å². The summed E-state index contributed by atoms with van der Waals surface area (Å²) in [5, 5.41) is 3.65. The molecule has 1 aromatic heterocycles. The van der Waals surface area contributed by atoms with Crippen molar-refractivity contribution in [3.05, 3.63) is 65.5 Å². The monoisotopic (exact) mass is 266 g/mol. The molecule has 1 aromatic carbocycles. The Hall–Kier alpha value is -1.67. The van der Waals surface area contributed by atoms with Crippen molar-refractivity contribution in [3.63, 3.8) is 0 Å². The van der Waals surface area contributed by atoms with Crippen LogP contribution in [0.25, 0.3) is 0 Å². The Morgan fingerprint density at radius 2 is 2.05 bits per heavy atom. The summed E-state index contributed by atoms with van der Waals surface area (Å²) in [6.45, 7) is 3.26. The van der Waals surface area contributed by atoms with Gasteiger partial charge in [0.15, 0.2) is 0 Å². The van der Waals surface area contributed by atoms with Gasteiger partial charge in [-0.1, -0.05) is 37.3 Å². The van der Waals surface area contributed by atoms with E-state index < -0.39 is 0 Å². The lowest BCUT2D eigenvalue weighted by Gasteiger charge is -2.33. The van der Waals surface area contributed by atoms with Gasteiger partial charge in [-0.3, -0.25) is 4.98 Å². The zero-order valence-electron chi connectivity index (χ0n) is 12.0. The Balaban J connectivity index is 1.72. The molecule has 2 unspecified atom stereocenters. The molecule has 2 nitrogen and oxygen atoms in total. The van der Waals surface area contributed by atoms with Crippen molar-refractivity contribution in [2.75, 3.05) is 6.54 Å². The van der Waals surface area contributed by atoms with Gasteiger partial charge in [0, 0.05) is 6.20 Å².